The maximum Gasteiger partial charge on any atom is 0.415 e. The smallest absolute Gasteiger partial charge is 0.415 e. The van der Waals surface area contributed by atoms with Gasteiger partial charge in [0.1, 0.15) is 23.7 Å². The lowest BCUT2D eigenvalue weighted by Gasteiger charge is -2.41. The second-order valence-corrected chi connectivity index (χ2v) is 12.2. The monoisotopic (exact) mass is 535 g/mol. The highest BCUT2D eigenvalue weighted by atomic mass is 16.6. The molecule has 8 nitrogen and oxygen atoms in total. The summed E-state index contributed by atoms with van der Waals surface area (Å²) < 4.78 is 23.6. The number of likely N-dealkylation sites (tertiary alicyclic amines) is 1. The number of rotatable bonds is 5. The fourth-order valence-electron chi connectivity index (χ4n) is 7.37. The first-order valence-corrected chi connectivity index (χ1v) is 14.1. The standard InChI is InChI=1S/C31H37NO7/c1-16(2)7-24(33)22-5-6-25-27(29(22)36-4)30(34)37-15-21-8-17(3)9-26(28(21)38-25)39-31(35)32-13-19-10-18-11-20(14-32)23(19)12-18/h5-6,8-9,16,18-20,23-24,33H,7,10-15H2,1-4H3/t18?,19?,20?,23?,24-/m0/s1. The Kier molecular flexibility index (Phi) is 6.69. The third kappa shape index (κ3) is 4.73. The Morgan fingerprint density at radius 1 is 1.15 bits per heavy atom. The fourth-order valence-corrected chi connectivity index (χ4v) is 7.37. The Balaban J connectivity index is 1.31. The van der Waals surface area contributed by atoms with Crippen LogP contribution in [0.3, 0.4) is 0 Å². The summed E-state index contributed by atoms with van der Waals surface area (Å²) in [5.41, 5.74) is 2.06. The molecule has 2 heterocycles. The molecule has 2 aromatic rings. The number of aliphatic hydroxyl groups excluding tert-OH is 1. The normalized spacial score (nSPS) is 25.7. The highest BCUT2D eigenvalue weighted by Crippen LogP contribution is 2.54. The number of carbonyl (C=O) groups excluding carboxylic acids is 2. The lowest BCUT2D eigenvalue weighted by Crippen LogP contribution is -2.48. The Morgan fingerprint density at radius 2 is 1.90 bits per heavy atom. The molecule has 1 amide bonds. The molecule has 3 fully saturated rings. The van der Waals surface area contributed by atoms with Crippen molar-refractivity contribution >= 4 is 12.1 Å². The summed E-state index contributed by atoms with van der Waals surface area (Å²) in [7, 11) is 1.45. The van der Waals surface area contributed by atoms with Gasteiger partial charge in [-0.1, -0.05) is 13.8 Å². The number of nitrogens with zero attached hydrogens (tertiary/aromatic N) is 1. The van der Waals surface area contributed by atoms with Crippen molar-refractivity contribution in [3.8, 4) is 23.0 Å². The van der Waals surface area contributed by atoms with Crippen LogP contribution in [0.5, 0.6) is 23.0 Å². The van der Waals surface area contributed by atoms with Crippen molar-refractivity contribution in [2.24, 2.45) is 29.6 Å². The average Bonchev–Trinajstić information content (AvgIpc) is 3.48. The van der Waals surface area contributed by atoms with Gasteiger partial charge in [-0.2, -0.15) is 0 Å². The van der Waals surface area contributed by atoms with Gasteiger partial charge in [0.2, 0.25) is 0 Å². The Hall–Kier alpha value is -3.26. The van der Waals surface area contributed by atoms with E-state index in [2.05, 4.69) is 0 Å². The summed E-state index contributed by atoms with van der Waals surface area (Å²) in [6, 6.07) is 6.98. The van der Waals surface area contributed by atoms with Gasteiger partial charge in [-0.25, -0.2) is 9.59 Å². The minimum absolute atomic E-state index is 0.0568. The van der Waals surface area contributed by atoms with Gasteiger partial charge in [-0.15, -0.1) is 0 Å². The molecule has 39 heavy (non-hydrogen) atoms. The molecule has 0 spiro atoms. The van der Waals surface area contributed by atoms with Gasteiger partial charge in [0.25, 0.3) is 0 Å². The van der Waals surface area contributed by atoms with E-state index in [1.807, 2.05) is 31.7 Å². The van der Waals surface area contributed by atoms with Crippen LogP contribution in [0, 0.1) is 36.5 Å². The van der Waals surface area contributed by atoms with Crippen molar-refractivity contribution in [2.75, 3.05) is 20.2 Å². The molecule has 208 valence electrons. The van der Waals surface area contributed by atoms with Gasteiger partial charge in [0.15, 0.2) is 11.5 Å². The molecule has 0 aromatic heterocycles. The van der Waals surface area contributed by atoms with Crippen LogP contribution in [0.4, 0.5) is 4.79 Å². The molecule has 0 radical (unpaired) electrons. The Morgan fingerprint density at radius 3 is 2.56 bits per heavy atom. The molecule has 2 unspecified atom stereocenters. The molecular weight excluding hydrogens is 498 g/mol. The van der Waals surface area contributed by atoms with Crippen molar-refractivity contribution in [3.05, 3.63) is 46.5 Å². The summed E-state index contributed by atoms with van der Waals surface area (Å²) in [5, 5.41) is 10.8. The lowest BCUT2D eigenvalue weighted by molar-refractivity contribution is 0.0452. The molecule has 2 saturated carbocycles. The molecule has 4 aliphatic rings. The first-order valence-electron chi connectivity index (χ1n) is 14.1. The van der Waals surface area contributed by atoms with E-state index in [4.69, 9.17) is 18.9 Å². The first-order chi connectivity index (χ1) is 18.7. The predicted octanol–water partition coefficient (Wildman–Crippen LogP) is 6.02. The van der Waals surface area contributed by atoms with Crippen molar-refractivity contribution < 1.29 is 33.6 Å². The Bertz CT molecular complexity index is 1290. The fraction of sp³-hybridized carbons (Fsp3) is 0.548. The first kappa shape index (κ1) is 26.0. The van der Waals surface area contributed by atoms with Gasteiger partial charge >= 0.3 is 12.1 Å². The maximum atomic E-state index is 13.4. The van der Waals surface area contributed by atoms with Crippen LogP contribution in [0.25, 0.3) is 0 Å². The summed E-state index contributed by atoms with van der Waals surface area (Å²) in [4.78, 5) is 28.4. The van der Waals surface area contributed by atoms with Gasteiger partial charge in [-0.05, 0) is 92.0 Å². The number of hydrogen-bond acceptors (Lipinski definition) is 7. The molecule has 1 saturated heterocycles. The number of aryl methyl sites for hydroxylation is 1. The second kappa shape index (κ2) is 10.0. The topological polar surface area (TPSA) is 94.5 Å². The zero-order valence-electron chi connectivity index (χ0n) is 23.1. The number of piperidine rings is 1. The van der Waals surface area contributed by atoms with Crippen molar-refractivity contribution in [3.63, 3.8) is 0 Å². The largest absolute Gasteiger partial charge is 0.495 e. The summed E-state index contributed by atoms with van der Waals surface area (Å²) in [6.45, 7) is 7.35. The van der Waals surface area contributed by atoms with Gasteiger partial charge in [0, 0.05) is 24.2 Å². The minimum Gasteiger partial charge on any atom is -0.495 e. The van der Waals surface area contributed by atoms with Gasteiger partial charge in [-0.3, -0.25) is 0 Å². The van der Waals surface area contributed by atoms with Crippen LogP contribution < -0.4 is 14.2 Å². The van der Waals surface area contributed by atoms with E-state index in [9.17, 15) is 14.7 Å². The van der Waals surface area contributed by atoms with Crippen molar-refractivity contribution in [1.29, 1.82) is 0 Å². The van der Waals surface area contributed by atoms with E-state index in [0.29, 0.717) is 40.9 Å². The van der Waals surface area contributed by atoms with Crippen LogP contribution in [0.2, 0.25) is 0 Å². The third-order valence-corrected chi connectivity index (χ3v) is 8.91. The van der Waals surface area contributed by atoms with Gasteiger partial charge in [0.05, 0.1) is 13.2 Å². The number of carbonyl (C=O) groups is 2. The average molecular weight is 536 g/mol. The number of amides is 1. The summed E-state index contributed by atoms with van der Waals surface area (Å²) in [6.07, 6.45) is 3.06. The van der Waals surface area contributed by atoms with Crippen LogP contribution in [-0.2, 0) is 11.3 Å². The van der Waals surface area contributed by atoms with Crippen LogP contribution in [0.1, 0.15) is 72.7 Å². The second-order valence-electron chi connectivity index (χ2n) is 12.2. The van der Waals surface area contributed by atoms with E-state index in [1.165, 1.54) is 26.4 Å². The zero-order chi connectivity index (χ0) is 27.4. The highest BCUT2D eigenvalue weighted by molar-refractivity contribution is 5.96. The van der Waals surface area contributed by atoms with E-state index < -0.39 is 12.1 Å². The summed E-state index contributed by atoms with van der Waals surface area (Å²) >= 11 is 0. The molecule has 1 N–H and O–H groups in total. The molecule has 2 aliphatic carbocycles. The molecule has 2 aliphatic heterocycles. The van der Waals surface area contributed by atoms with E-state index in [0.717, 1.165) is 30.5 Å². The number of aliphatic hydroxyl groups is 1. The summed E-state index contributed by atoms with van der Waals surface area (Å²) in [5.74, 6) is 3.43. The molecule has 8 heteroatoms. The van der Waals surface area contributed by atoms with Gasteiger partial charge < -0.3 is 29.0 Å². The molecule has 2 bridgehead atoms. The molecular formula is C31H37NO7. The number of fused-ring (bicyclic) bond motifs is 3. The van der Waals surface area contributed by atoms with E-state index in [1.54, 1.807) is 18.2 Å². The molecule has 2 aromatic carbocycles. The number of benzene rings is 2. The number of cyclic esters (lactones) is 1. The molecule has 6 rings (SSSR count). The quantitative estimate of drug-likeness (QED) is 0.468. The number of esters is 1. The van der Waals surface area contributed by atoms with Crippen LogP contribution in [0.15, 0.2) is 24.3 Å². The Labute approximate surface area is 229 Å². The SMILES string of the molecule is COc1c([C@@H](O)CC(C)C)ccc2c1C(=O)OCc1cc(C)cc(OC(=O)N3CC4CC5CC(C3)C4C5)c1O2. The number of methoxy groups -OCH3 is 1. The highest BCUT2D eigenvalue weighted by Gasteiger charge is 2.50. The van der Waals surface area contributed by atoms with Crippen molar-refractivity contribution in [2.45, 2.75) is 59.2 Å². The third-order valence-electron chi connectivity index (χ3n) is 8.91. The predicted molar refractivity (Wildman–Crippen MR) is 143 cm³/mol. The molecule has 3 atom stereocenters. The van der Waals surface area contributed by atoms with Crippen LogP contribution >= 0.6 is 0 Å². The zero-order valence-corrected chi connectivity index (χ0v) is 23.1. The number of hydrogen-bond donors (Lipinski definition) is 1. The minimum atomic E-state index is -0.815. The van der Waals surface area contributed by atoms with E-state index >= 15 is 0 Å². The number of ether oxygens (including phenoxy) is 4. The van der Waals surface area contributed by atoms with Crippen molar-refractivity contribution in [1.82, 2.24) is 4.90 Å². The van der Waals surface area contributed by atoms with Crippen LogP contribution in [-0.4, -0.2) is 42.3 Å². The maximum absolute atomic E-state index is 13.4. The van der Waals surface area contributed by atoms with E-state index in [-0.39, 0.29) is 35.7 Å². The lowest BCUT2D eigenvalue weighted by atomic mass is 9.77.